The quantitative estimate of drug-likeness (QED) is 0.736. The number of carbonyl (C=O) groups is 3. The molecule has 0 spiro atoms. The van der Waals surface area contributed by atoms with Crippen molar-refractivity contribution in [1.29, 1.82) is 0 Å². The van der Waals surface area contributed by atoms with Crippen molar-refractivity contribution in [3.05, 3.63) is 34.9 Å². The van der Waals surface area contributed by atoms with Crippen molar-refractivity contribution in [3.63, 3.8) is 0 Å². The van der Waals surface area contributed by atoms with E-state index >= 15 is 0 Å². The van der Waals surface area contributed by atoms with E-state index in [4.69, 9.17) is 5.73 Å². The molecule has 3 aliphatic rings. The number of nitrogens with one attached hydrogen (secondary N) is 1. The summed E-state index contributed by atoms with van der Waals surface area (Å²) in [6, 6.07) is 5.38. The van der Waals surface area contributed by atoms with E-state index in [0.29, 0.717) is 18.9 Å². The van der Waals surface area contributed by atoms with E-state index in [1.807, 2.05) is 18.2 Å². The lowest BCUT2D eigenvalue weighted by Crippen LogP contribution is -2.52. The second-order valence-corrected chi connectivity index (χ2v) is 7.49. The van der Waals surface area contributed by atoms with E-state index in [1.165, 1.54) is 0 Å². The summed E-state index contributed by atoms with van der Waals surface area (Å²) in [5, 5.41) is 2.35. The zero-order chi connectivity index (χ0) is 18.3. The highest BCUT2D eigenvalue weighted by atomic mass is 16.2. The van der Waals surface area contributed by atoms with Crippen LogP contribution in [0.25, 0.3) is 0 Å². The molecule has 0 saturated carbocycles. The van der Waals surface area contributed by atoms with Gasteiger partial charge in [0.2, 0.25) is 11.8 Å². The van der Waals surface area contributed by atoms with Crippen LogP contribution < -0.4 is 11.1 Å². The van der Waals surface area contributed by atoms with E-state index < -0.39 is 6.04 Å². The fourth-order valence-electron chi connectivity index (χ4n) is 4.29. The van der Waals surface area contributed by atoms with Crippen LogP contribution in [0.5, 0.6) is 0 Å². The van der Waals surface area contributed by atoms with Crippen molar-refractivity contribution in [3.8, 4) is 0 Å². The zero-order valence-electron chi connectivity index (χ0n) is 14.7. The van der Waals surface area contributed by atoms with E-state index in [0.717, 1.165) is 49.3 Å². The third kappa shape index (κ3) is 3.01. The minimum Gasteiger partial charge on any atom is -0.330 e. The Hall–Kier alpha value is -2.25. The highest BCUT2D eigenvalue weighted by Gasteiger charge is 2.40. The van der Waals surface area contributed by atoms with Gasteiger partial charge in [-0.15, -0.1) is 0 Å². The Kier molecular flexibility index (Phi) is 4.50. The number of hydrogen-bond donors (Lipinski definition) is 2. The summed E-state index contributed by atoms with van der Waals surface area (Å²) in [5.41, 5.74) is 8.34. The highest BCUT2D eigenvalue weighted by molar-refractivity contribution is 6.05. The summed E-state index contributed by atoms with van der Waals surface area (Å²) in [5.74, 6) is -0.0613. The van der Waals surface area contributed by atoms with Gasteiger partial charge in [-0.05, 0) is 36.4 Å². The van der Waals surface area contributed by atoms with Crippen LogP contribution in [0.4, 0.5) is 0 Å². The molecule has 7 nitrogen and oxygen atoms in total. The molecule has 0 aromatic heterocycles. The van der Waals surface area contributed by atoms with Gasteiger partial charge in [0, 0.05) is 38.2 Å². The minimum atomic E-state index is -0.557. The molecule has 3 heterocycles. The summed E-state index contributed by atoms with van der Waals surface area (Å²) in [6.45, 7) is 3.94. The summed E-state index contributed by atoms with van der Waals surface area (Å²) in [6.07, 6.45) is 1.72. The summed E-state index contributed by atoms with van der Waals surface area (Å²) >= 11 is 0. The fraction of sp³-hybridized carbons (Fsp3) is 0.526. The van der Waals surface area contributed by atoms with Crippen LogP contribution in [0.3, 0.4) is 0 Å². The standard InChI is InChI=1S/C19H24N4O3/c20-7-6-12-8-22(9-12)10-13-2-1-3-14-11-23(19(26)17(13)14)15-4-5-16(24)21-18(15)25/h1-3,12,15H,4-11,20H2,(H,21,24,25). The second-order valence-electron chi connectivity index (χ2n) is 7.49. The van der Waals surface area contributed by atoms with Crippen molar-refractivity contribution >= 4 is 17.7 Å². The molecule has 1 unspecified atom stereocenters. The van der Waals surface area contributed by atoms with Gasteiger partial charge in [-0.25, -0.2) is 0 Å². The molecule has 0 bridgehead atoms. The first-order valence-corrected chi connectivity index (χ1v) is 9.24. The van der Waals surface area contributed by atoms with E-state index in [2.05, 4.69) is 10.2 Å². The van der Waals surface area contributed by atoms with Crippen molar-refractivity contribution in [2.75, 3.05) is 19.6 Å². The van der Waals surface area contributed by atoms with Gasteiger partial charge in [0.15, 0.2) is 0 Å². The smallest absolute Gasteiger partial charge is 0.255 e. The molecule has 0 radical (unpaired) electrons. The molecule has 1 atom stereocenters. The van der Waals surface area contributed by atoms with Crippen LogP contribution in [0.1, 0.15) is 40.7 Å². The number of carbonyl (C=O) groups excluding carboxylic acids is 3. The lowest BCUT2D eigenvalue weighted by atomic mass is 9.94. The number of fused-ring (bicyclic) bond motifs is 1. The average Bonchev–Trinajstić information content (AvgIpc) is 2.91. The maximum Gasteiger partial charge on any atom is 0.255 e. The maximum absolute atomic E-state index is 13.0. The molecular weight excluding hydrogens is 332 g/mol. The molecule has 0 aliphatic carbocycles. The average molecular weight is 356 g/mol. The van der Waals surface area contributed by atoms with Gasteiger partial charge in [-0.1, -0.05) is 18.2 Å². The Balaban J connectivity index is 1.48. The monoisotopic (exact) mass is 356 g/mol. The van der Waals surface area contributed by atoms with E-state index in [1.54, 1.807) is 4.90 Å². The first-order valence-electron chi connectivity index (χ1n) is 9.24. The maximum atomic E-state index is 13.0. The predicted octanol–water partition coefficient (Wildman–Crippen LogP) is 0.228. The molecule has 138 valence electrons. The second kappa shape index (κ2) is 6.81. The van der Waals surface area contributed by atoms with Gasteiger partial charge in [-0.3, -0.25) is 24.6 Å². The number of benzene rings is 1. The van der Waals surface area contributed by atoms with Crippen LogP contribution in [0.15, 0.2) is 18.2 Å². The Morgan fingerprint density at radius 2 is 2.00 bits per heavy atom. The topological polar surface area (TPSA) is 95.7 Å². The Labute approximate surface area is 152 Å². The molecule has 2 fully saturated rings. The normalized spacial score (nSPS) is 23.8. The first-order chi connectivity index (χ1) is 12.6. The molecule has 3 aliphatic heterocycles. The highest BCUT2D eigenvalue weighted by Crippen LogP contribution is 2.31. The number of amides is 3. The molecule has 3 N–H and O–H groups in total. The fourth-order valence-corrected chi connectivity index (χ4v) is 4.29. The number of rotatable bonds is 5. The summed E-state index contributed by atoms with van der Waals surface area (Å²) in [4.78, 5) is 40.5. The number of piperidine rings is 1. The van der Waals surface area contributed by atoms with E-state index in [9.17, 15) is 14.4 Å². The van der Waals surface area contributed by atoms with Crippen LogP contribution in [0, 0.1) is 5.92 Å². The number of likely N-dealkylation sites (tertiary alicyclic amines) is 1. The third-order valence-electron chi connectivity index (χ3n) is 5.64. The summed E-state index contributed by atoms with van der Waals surface area (Å²) < 4.78 is 0. The predicted molar refractivity (Wildman–Crippen MR) is 94.9 cm³/mol. The van der Waals surface area contributed by atoms with Crippen molar-refractivity contribution in [2.24, 2.45) is 11.7 Å². The van der Waals surface area contributed by atoms with Crippen LogP contribution in [-0.2, 0) is 22.7 Å². The van der Waals surface area contributed by atoms with Gasteiger partial charge in [-0.2, -0.15) is 0 Å². The number of hydrogen-bond acceptors (Lipinski definition) is 5. The number of nitrogens with two attached hydrogens (primary N) is 1. The van der Waals surface area contributed by atoms with Gasteiger partial charge in [0.25, 0.3) is 5.91 Å². The molecule has 1 aromatic carbocycles. The lowest BCUT2D eigenvalue weighted by Gasteiger charge is -2.39. The molecule has 1 aromatic rings. The number of nitrogens with zero attached hydrogens (tertiary/aromatic N) is 2. The van der Waals surface area contributed by atoms with Crippen LogP contribution in [0.2, 0.25) is 0 Å². The molecule has 3 amide bonds. The molecule has 26 heavy (non-hydrogen) atoms. The lowest BCUT2D eigenvalue weighted by molar-refractivity contribution is -0.136. The number of imide groups is 1. The van der Waals surface area contributed by atoms with Gasteiger partial charge >= 0.3 is 0 Å². The SMILES string of the molecule is NCCC1CN(Cc2cccc3c2C(=O)N(C2CCC(=O)NC2=O)C3)C1. The Bertz CT molecular complexity index is 757. The van der Waals surface area contributed by atoms with Crippen molar-refractivity contribution < 1.29 is 14.4 Å². The molecule has 7 heteroatoms. The molecule has 4 rings (SSSR count). The Morgan fingerprint density at radius 1 is 1.19 bits per heavy atom. The molecular formula is C19H24N4O3. The van der Waals surface area contributed by atoms with Gasteiger partial charge in [0.1, 0.15) is 6.04 Å². The van der Waals surface area contributed by atoms with Crippen LogP contribution in [-0.4, -0.2) is 53.2 Å². The first kappa shape index (κ1) is 17.2. The Morgan fingerprint density at radius 3 is 2.73 bits per heavy atom. The minimum absolute atomic E-state index is 0.0934. The van der Waals surface area contributed by atoms with Crippen molar-refractivity contribution in [2.45, 2.75) is 38.4 Å². The zero-order valence-corrected chi connectivity index (χ0v) is 14.7. The van der Waals surface area contributed by atoms with E-state index in [-0.39, 0.29) is 24.1 Å². The molecule has 2 saturated heterocycles. The van der Waals surface area contributed by atoms with Gasteiger partial charge < -0.3 is 10.6 Å². The van der Waals surface area contributed by atoms with Crippen LogP contribution >= 0.6 is 0 Å². The van der Waals surface area contributed by atoms with Gasteiger partial charge in [0.05, 0.1) is 0 Å². The third-order valence-corrected chi connectivity index (χ3v) is 5.64. The summed E-state index contributed by atoms with van der Waals surface area (Å²) in [7, 11) is 0. The largest absolute Gasteiger partial charge is 0.330 e. The van der Waals surface area contributed by atoms with Crippen molar-refractivity contribution in [1.82, 2.24) is 15.1 Å².